The smallest absolute Gasteiger partial charge is 0.309 e. The lowest BCUT2D eigenvalue weighted by Crippen LogP contribution is -2.45. The molecule has 0 spiro atoms. The molecule has 1 amide bonds. The van der Waals surface area contributed by atoms with Crippen LogP contribution in [0.4, 0.5) is 4.39 Å². The third kappa shape index (κ3) is 4.39. The van der Waals surface area contributed by atoms with Crippen molar-refractivity contribution in [3.8, 4) is 0 Å². The molecule has 2 heterocycles. The Labute approximate surface area is 151 Å². The first-order valence-corrected chi connectivity index (χ1v) is 8.98. The number of piperidine rings is 1. The minimum absolute atomic E-state index is 0.0924. The molecule has 2 aliphatic heterocycles. The topological polar surface area (TPSA) is 68.2 Å². The average molecular weight is 362 g/mol. The molecular formula is C19H23FN2O4. The molecule has 0 aromatic heterocycles. The number of hydrogen-bond acceptors (Lipinski definition) is 5. The van der Waals surface area contributed by atoms with Crippen molar-refractivity contribution < 1.29 is 23.6 Å². The van der Waals surface area contributed by atoms with Gasteiger partial charge in [0.25, 0.3) is 5.91 Å². The fourth-order valence-corrected chi connectivity index (χ4v) is 3.30. The minimum Gasteiger partial charge on any atom is -0.466 e. The molecule has 1 saturated heterocycles. The van der Waals surface area contributed by atoms with E-state index in [1.54, 1.807) is 24.0 Å². The maximum Gasteiger partial charge on any atom is 0.309 e. The molecule has 140 valence electrons. The highest BCUT2D eigenvalue weighted by atomic mass is 19.1. The normalized spacial score (nSPS) is 20.5. The standard InChI is InChI=1S/C19H23FN2O4/c1-2-25-19(24)14-7-9-22(10-8-14)18(23)17-12-16(21-26-17)11-13-3-5-15(20)6-4-13/h3-6,14,17H,2,7-12H2,1H3/t17-/m0/s1. The van der Waals surface area contributed by atoms with E-state index >= 15 is 0 Å². The number of carbonyl (C=O) groups is 2. The Morgan fingerprint density at radius 1 is 1.27 bits per heavy atom. The van der Waals surface area contributed by atoms with E-state index in [-0.39, 0.29) is 23.6 Å². The summed E-state index contributed by atoms with van der Waals surface area (Å²) in [6.45, 7) is 3.21. The van der Waals surface area contributed by atoms with Crippen LogP contribution in [0.1, 0.15) is 31.7 Å². The fraction of sp³-hybridized carbons (Fsp3) is 0.526. The van der Waals surface area contributed by atoms with Gasteiger partial charge in [0.05, 0.1) is 18.2 Å². The van der Waals surface area contributed by atoms with E-state index in [1.807, 2.05) is 0 Å². The molecule has 0 bridgehead atoms. The summed E-state index contributed by atoms with van der Waals surface area (Å²) in [6.07, 6.45) is 1.59. The van der Waals surface area contributed by atoms with E-state index < -0.39 is 6.10 Å². The molecule has 26 heavy (non-hydrogen) atoms. The number of carbonyl (C=O) groups excluding carboxylic acids is 2. The Kier molecular flexibility index (Phi) is 5.85. The number of ether oxygens (including phenoxy) is 1. The summed E-state index contributed by atoms with van der Waals surface area (Å²) in [6, 6.07) is 6.21. The number of rotatable bonds is 5. The van der Waals surface area contributed by atoms with E-state index in [2.05, 4.69) is 5.16 Å². The summed E-state index contributed by atoms with van der Waals surface area (Å²) in [5.41, 5.74) is 1.70. The Balaban J connectivity index is 1.47. The molecule has 1 aromatic carbocycles. The van der Waals surface area contributed by atoms with Crippen molar-refractivity contribution in [3.05, 3.63) is 35.6 Å². The van der Waals surface area contributed by atoms with E-state index in [1.165, 1.54) is 12.1 Å². The molecule has 1 atom stereocenters. The Hall–Kier alpha value is -2.44. The van der Waals surface area contributed by atoms with Crippen LogP contribution in [0.25, 0.3) is 0 Å². The van der Waals surface area contributed by atoms with Crippen molar-refractivity contribution in [1.82, 2.24) is 4.90 Å². The van der Waals surface area contributed by atoms with Crippen molar-refractivity contribution in [2.75, 3.05) is 19.7 Å². The third-order valence-corrected chi connectivity index (χ3v) is 4.75. The molecule has 0 unspecified atom stereocenters. The summed E-state index contributed by atoms with van der Waals surface area (Å²) in [5.74, 6) is -0.682. The predicted molar refractivity (Wildman–Crippen MR) is 93.0 cm³/mol. The second-order valence-electron chi connectivity index (χ2n) is 6.61. The van der Waals surface area contributed by atoms with E-state index in [0.717, 1.165) is 11.3 Å². The van der Waals surface area contributed by atoms with Gasteiger partial charge in [0.2, 0.25) is 6.10 Å². The van der Waals surface area contributed by atoms with Crippen molar-refractivity contribution in [2.45, 2.75) is 38.7 Å². The number of halogens is 1. The molecule has 0 saturated carbocycles. The van der Waals surface area contributed by atoms with Crippen LogP contribution in [0.15, 0.2) is 29.4 Å². The van der Waals surface area contributed by atoms with Gasteiger partial charge in [0.15, 0.2) is 0 Å². The lowest BCUT2D eigenvalue weighted by atomic mass is 9.96. The zero-order valence-corrected chi connectivity index (χ0v) is 14.8. The van der Waals surface area contributed by atoms with Crippen molar-refractivity contribution in [1.29, 1.82) is 0 Å². The quantitative estimate of drug-likeness (QED) is 0.754. The lowest BCUT2D eigenvalue weighted by molar-refractivity contribution is -0.153. The summed E-state index contributed by atoms with van der Waals surface area (Å²) >= 11 is 0. The molecule has 1 aromatic rings. The molecule has 0 radical (unpaired) electrons. The van der Waals surface area contributed by atoms with Crippen LogP contribution in [0.5, 0.6) is 0 Å². The SMILES string of the molecule is CCOC(=O)C1CCN(C(=O)[C@@H]2CC(Cc3ccc(F)cc3)=NO2)CC1. The molecule has 1 fully saturated rings. The molecule has 0 N–H and O–H groups in total. The number of hydrogen-bond donors (Lipinski definition) is 0. The van der Waals surface area contributed by atoms with Crippen LogP contribution in [-0.2, 0) is 25.6 Å². The van der Waals surface area contributed by atoms with E-state index in [9.17, 15) is 14.0 Å². The Bertz CT molecular complexity index is 681. The number of oxime groups is 1. The largest absolute Gasteiger partial charge is 0.466 e. The zero-order valence-electron chi connectivity index (χ0n) is 14.8. The van der Waals surface area contributed by atoms with Gasteiger partial charge in [-0.1, -0.05) is 17.3 Å². The lowest BCUT2D eigenvalue weighted by Gasteiger charge is -2.31. The van der Waals surface area contributed by atoms with Crippen LogP contribution in [0.2, 0.25) is 0 Å². The second-order valence-corrected chi connectivity index (χ2v) is 6.61. The number of nitrogens with zero attached hydrogens (tertiary/aromatic N) is 2. The van der Waals surface area contributed by atoms with E-state index in [4.69, 9.17) is 9.57 Å². The maximum atomic E-state index is 13.0. The fourth-order valence-electron chi connectivity index (χ4n) is 3.30. The molecule has 3 rings (SSSR count). The van der Waals surface area contributed by atoms with Gasteiger partial charge < -0.3 is 14.5 Å². The van der Waals surface area contributed by atoms with Crippen molar-refractivity contribution in [3.63, 3.8) is 0 Å². The molecule has 7 heteroatoms. The molecule has 0 aliphatic carbocycles. The van der Waals surface area contributed by atoms with Crippen LogP contribution < -0.4 is 0 Å². The maximum absolute atomic E-state index is 13.0. The molecule has 6 nitrogen and oxygen atoms in total. The summed E-state index contributed by atoms with van der Waals surface area (Å²) in [5, 5.41) is 4.02. The first-order chi connectivity index (χ1) is 12.6. The van der Waals surface area contributed by atoms with Gasteiger partial charge in [-0.25, -0.2) is 4.39 Å². The number of likely N-dealkylation sites (tertiary alicyclic amines) is 1. The van der Waals surface area contributed by atoms with Crippen molar-refractivity contribution >= 4 is 17.6 Å². The van der Waals surface area contributed by atoms with Gasteiger partial charge in [0, 0.05) is 25.9 Å². The number of amides is 1. The highest BCUT2D eigenvalue weighted by Gasteiger charge is 2.35. The van der Waals surface area contributed by atoms with Crippen LogP contribution in [-0.4, -0.2) is 48.3 Å². The Morgan fingerprint density at radius 3 is 2.62 bits per heavy atom. The molecule has 2 aliphatic rings. The van der Waals surface area contributed by atoms with Gasteiger partial charge in [-0.3, -0.25) is 9.59 Å². The monoisotopic (exact) mass is 362 g/mol. The highest BCUT2D eigenvalue weighted by Crippen LogP contribution is 2.22. The average Bonchev–Trinajstić information content (AvgIpc) is 3.12. The summed E-state index contributed by atoms with van der Waals surface area (Å²) in [7, 11) is 0. The minimum atomic E-state index is -0.607. The van der Waals surface area contributed by atoms with Crippen LogP contribution in [0, 0.1) is 11.7 Å². The first-order valence-electron chi connectivity index (χ1n) is 8.98. The zero-order chi connectivity index (χ0) is 18.5. The first kappa shape index (κ1) is 18.4. The van der Waals surface area contributed by atoms with Gasteiger partial charge in [0.1, 0.15) is 5.82 Å². The summed E-state index contributed by atoms with van der Waals surface area (Å²) < 4.78 is 18.0. The highest BCUT2D eigenvalue weighted by molar-refractivity contribution is 5.94. The third-order valence-electron chi connectivity index (χ3n) is 4.75. The Morgan fingerprint density at radius 2 is 1.96 bits per heavy atom. The molecular weight excluding hydrogens is 339 g/mol. The van der Waals surface area contributed by atoms with Gasteiger partial charge in [-0.05, 0) is 37.5 Å². The summed E-state index contributed by atoms with van der Waals surface area (Å²) in [4.78, 5) is 31.4. The van der Waals surface area contributed by atoms with Crippen molar-refractivity contribution in [2.24, 2.45) is 11.1 Å². The number of benzene rings is 1. The number of esters is 1. The van der Waals surface area contributed by atoms with Crippen LogP contribution in [0.3, 0.4) is 0 Å². The van der Waals surface area contributed by atoms with E-state index in [0.29, 0.717) is 45.4 Å². The van der Waals surface area contributed by atoms with Gasteiger partial charge in [-0.15, -0.1) is 0 Å². The second kappa shape index (κ2) is 8.29. The van der Waals surface area contributed by atoms with Crippen LogP contribution >= 0.6 is 0 Å². The van der Waals surface area contributed by atoms with Gasteiger partial charge >= 0.3 is 5.97 Å². The predicted octanol–water partition coefficient (Wildman–Crippen LogP) is 2.31. The van der Waals surface area contributed by atoms with Gasteiger partial charge in [-0.2, -0.15) is 0 Å².